The Balaban J connectivity index is 1.73. The minimum Gasteiger partial charge on any atom is -0.316 e. The predicted molar refractivity (Wildman–Crippen MR) is 81.3 cm³/mol. The molecular weight excluding hydrogens is 312 g/mol. The van der Waals surface area contributed by atoms with Gasteiger partial charge in [-0.3, -0.25) is 0 Å². The topological polar surface area (TPSA) is 83.5 Å². The molecule has 0 aromatic carbocycles. The maximum Gasteiger partial charge on any atom is 0.218 e. The Morgan fingerprint density at radius 1 is 1.14 bits per heavy atom. The van der Waals surface area contributed by atoms with E-state index in [9.17, 15) is 16.8 Å². The number of nitrogens with one attached hydrogen (secondary N) is 1. The highest BCUT2D eigenvalue weighted by atomic mass is 32.2. The standard InChI is InChI=1S/C13H24N2O4S2/c16-20(17)7-5-13(10-20)21(18,19)15(12-3-4-12)9-11-2-1-6-14-8-11/h11-14H,1-10H2. The molecule has 1 aliphatic carbocycles. The van der Waals surface area contributed by atoms with Crippen LogP contribution in [0.5, 0.6) is 0 Å². The van der Waals surface area contributed by atoms with E-state index in [1.165, 1.54) is 0 Å². The van der Waals surface area contributed by atoms with E-state index in [0.29, 0.717) is 12.5 Å². The number of sulfonamides is 1. The molecule has 2 heterocycles. The van der Waals surface area contributed by atoms with E-state index in [4.69, 9.17) is 0 Å². The quantitative estimate of drug-likeness (QED) is 0.762. The molecule has 0 aromatic heterocycles. The molecule has 0 bridgehead atoms. The summed E-state index contributed by atoms with van der Waals surface area (Å²) in [6.45, 7) is 2.42. The first-order valence-electron chi connectivity index (χ1n) is 7.80. The van der Waals surface area contributed by atoms with E-state index in [2.05, 4.69) is 5.32 Å². The van der Waals surface area contributed by atoms with Gasteiger partial charge < -0.3 is 5.32 Å². The summed E-state index contributed by atoms with van der Waals surface area (Å²) in [7, 11) is -6.65. The van der Waals surface area contributed by atoms with E-state index < -0.39 is 25.1 Å². The lowest BCUT2D eigenvalue weighted by molar-refractivity contribution is 0.285. The first-order valence-corrected chi connectivity index (χ1v) is 11.1. The zero-order valence-corrected chi connectivity index (χ0v) is 13.8. The molecule has 2 atom stereocenters. The Morgan fingerprint density at radius 3 is 2.43 bits per heavy atom. The summed E-state index contributed by atoms with van der Waals surface area (Å²) < 4.78 is 50.5. The van der Waals surface area contributed by atoms with Gasteiger partial charge in [0.15, 0.2) is 9.84 Å². The fraction of sp³-hybridized carbons (Fsp3) is 1.00. The first kappa shape index (κ1) is 15.7. The summed E-state index contributed by atoms with van der Waals surface area (Å²) in [4.78, 5) is 0. The molecule has 3 fully saturated rings. The highest BCUT2D eigenvalue weighted by Gasteiger charge is 2.45. The Bertz CT molecular complexity index is 577. The van der Waals surface area contributed by atoms with Gasteiger partial charge in [0, 0.05) is 12.6 Å². The number of nitrogens with zero attached hydrogens (tertiary/aromatic N) is 1. The van der Waals surface area contributed by atoms with Crippen LogP contribution in [0.2, 0.25) is 0 Å². The molecule has 122 valence electrons. The third-order valence-corrected chi connectivity index (χ3v) is 9.05. The third kappa shape index (κ3) is 3.60. The summed E-state index contributed by atoms with van der Waals surface area (Å²) in [5, 5.41) is 2.59. The van der Waals surface area contributed by atoms with Crippen molar-refractivity contribution in [3.63, 3.8) is 0 Å². The van der Waals surface area contributed by atoms with E-state index >= 15 is 0 Å². The molecule has 0 amide bonds. The largest absolute Gasteiger partial charge is 0.316 e. The first-order chi connectivity index (χ1) is 9.88. The second kappa shape index (κ2) is 5.79. The van der Waals surface area contributed by atoms with Crippen molar-refractivity contribution in [2.24, 2.45) is 5.92 Å². The van der Waals surface area contributed by atoms with E-state index in [1.54, 1.807) is 4.31 Å². The van der Waals surface area contributed by atoms with E-state index in [0.717, 1.165) is 38.8 Å². The van der Waals surface area contributed by atoms with Crippen molar-refractivity contribution in [1.29, 1.82) is 0 Å². The van der Waals surface area contributed by atoms with Gasteiger partial charge >= 0.3 is 0 Å². The van der Waals surface area contributed by atoms with Crippen LogP contribution in [-0.4, -0.2) is 63.6 Å². The minimum absolute atomic E-state index is 0.0143. The van der Waals surface area contributed by atoms with Crippen LogP contribution in [0.25, 0.3) is 0 Å². The van der Waals surface area contributed by atoms with Crippen LogP contribution >= 0.6 is 0 Å². The molecule has 1 N–H and O–H groups in total. The number of sulfone groups is 1. The molecular formula is C13H24N2O4S2. The third-order valence-electron chi connectivity index (χ3n) is 4.73. The second-order valence-electron chi connectivity index (χ2n) is 6.58. The number of piperidine rings is 1. The molecule has 1 saturated carbocycles. The van der Waals surface area contributed by atoms with Gasteiger partial charge in [0.25, 0.3) is 0 Å². The molecule has 2 saturated heterocycles. The van der Waals surface area contributed by atoms with Gasteiger partial charge in [0.05, 0.1) is 16.8 Å². The van der Waals surface area contributed by atoms with Gasteiger partial charge in [-0.05, 0) is 51.1 Å². The monoisotopic (exact) mass is 336 g/mol. The molecule has 3 rings (SSSR count). The van der Waals surface area contributed by atoms with Gasteiger partial charge in [0.1, 0.15) is 0 Å². The summed E-state index contributed by atoms with van der Waals surface area (Å²) in [5.41, 5.74) is 0. The van der Waals surface area contributed by atoms with Crippen LogP contribution in [0.4, 0.5) is 0 Å². The normalized spacial score (nSPS) is 33.4. The molecule has 0 aromatic rings. The minimum atomic E-state index is -3.48. The average Bonchev–Trinajstić information content (AvgIpc) is 3.20. The van der Waals surface area contributed by atoms with Crippen molar-refractivity contribution in [3.8, 4) is 0 Å². The highest BCUT2D eigenvalue weighted by Crippen LogP contribution is 2.34. The molecule has 2 aliphatic heterocycles. The van der Waals surface area contributed by atoms with E-state index in [1.807, 2.05) is 0 Å². The van der Waals surface area contributed by atoms with Gasteiger partial charge in [-0.2, -0.15) is 4.31 Å². The number of rotatable bonds is 5. The maximum absolute atomic E-state index is 12.8. The van der Waals surface area contributed by atoms with Crippen molar-refractivity contribution in [1.82, 2.24) is 9.62 Å². The highest BCUT2D eigenvalue weighted by molar-refractivity contribution is 7.95. The molecule has 6 nitrogen and oxygen atoms in total. The number of hydrogen-bond donors (Lipinski definition) is 1. The van der Waals surface area contributed by atoms with Gasteiger partial charge in [-0.1, -0.05) is 0 Å². The van der Waals surface area contributed by atoms with Crippen LogP contribution in [0, 0.1) is 5.92 Å². The SMILES string of the molecule is O=S1(=O)CCC(S(=O)(=O)N(CC2CCCNC2)C2CC2)C1. The van der Waals surface area contributed by atoms with Crippen molar-refractivity contribution < 1.29 is 16.8 Å². The van der Waals surface area contributed by atoms with E-state index in [-0.39, 0.29) is 24.0 Å². The molecule has 21 heavy (non-hydrogen) atoms. The van der Waals surface area contributed by atoms with Gasteiger partial charge in [0.2, 0.25) is 10.0 Å². The van der Waals surface area contributed by atoms with Crippen molar-refractivity contribution in [3.05, 3.63) is 0 Å². The Hall–Kier alpha value is -0.180. The predicted octanol–water partition coefficient (Wildman–Crippen LogP) is -0.0327. The lowest BCUT2D eigenvalue weighted by Gasteiger charge is -2.31. The van der Waals surface area contributed by atoms with Crippen LogP contribution in [-0.2, 0) is 19.9 Å². The fourth-order valence-electron chi connectivity index (χ4n) is 3.34. The van der Waals surface area contributed by atoms with Crippen molar-refractivity contribution >= 4 is 19.9 Å². The van der Waals surface area contributed by atoms with Crippen LogP contribution in [0.3, 0.4) is 0 Å². The summed E-state index contributed by atoms with van der Waals surface area (Å²) in [5.74, 6) is 0.175. The van der Waals surface area contributed by atoms with Crippen LogP contribution < -0.4 is 5.32 Å². The van der Waals surface area contributed by atoms with Crippen LogP contribution in [0.15, 0.2) is 0 Å². The zero-order valence-electron chi connectivity index (χ0n) is 12.2. The van der Waals surface area contributed by atoms with Gasteiger partial charge in [-0.25, -0.2) is 16.8 Å². The second-order valence-corrected chi connectivity index (χ2v) is 11.0. The lowest BCUT2D eigenvalue weighted by atomic mass is 10.00. The van der Waals surface area contributed by atoms with Crippen LogP contribution in [0.1, 0.15) is 32.1 Å². The average molecular weight is 336 g/mol. The van der Waals surface area contributed by atoms with Gasteiger partial charge in [-0.15, -0.1) is 0 Å². The molecule has 3 aliphatic rings. The molecule has 2 unspecified atom stereocenters. The Kier molecular flexibility index (Phi) is 4.33. The fourth-order valence-corrected chi connectivity index (χ4v) is 8.19. The number of hydrogen-bond acceptors (Lipinski definition) is 5. The van der Waals surface area contributed by atoms with Crippen molar-refractivity contribution in [2.75, 3.05) is 31.1 Å². The Labute approximate surface area is 127 Å². The Morgan fingerprint density at radius 2 is 1.90 bits per heavy atom. The molecule has 0 radical (unpaired) electrons. The maximum atomic E-state index is 12.8. The summed E-state index contributed by atoms with van der Waals surface area (Å²) in [6, 6.07) is 0.111. The zero-order chi connectivity index (χ0) is 15.1. The van der Waals surface area contributed by atoms with Crippen molar-refractivity contribution in [2.45, 2.75) is 43.4 Å². The smallest absolute Gasteiger partial charge is 0.218 e. The summed E-state index contributed by atoms with van der Waals surface area (Å²) in [6.07, 6.45) is 4.23. The lowest BCUT2D eigenvalue weighted by Crippen LogP contribution is -2.46. The summed E-state index contributed by atoms with van der Waals surface area (Å²) >= 11 is 0. The molecule has 8 heteroatoms. The molecule has 0 spiro atoms.